The van der Waals surface area contributed by atoms with Gasteiger partial charge in [-0.2, -0.15) is 0 Å². The lowest BCUT2D eigenvalue weighted by Crippen LogP contribution is -2.39. The predicted octanol–water partition coefficient (Wildman–Crippen LogP) is 1.95. The van der Waals surface area contributed by atoms with Crippen LogP contribution in [0.3, 0.4) is 0 Å². The van der Waals surface area contributed by atoms with Crippen molar-refractivity contribution in [2.45, 2.75) is 39.2 Å². The van der Waals surface area contributed by atoms with Gasteiger partial charge in [-0.25, -0.2) is 9.97 Å². The van der Waals surface area contributed by atoms with Crippen LogP contribution in [0.25, 0.3) is 0 Å². The molecule has 0 amide bonds. The van der Waals surface area contributed by atoms with E-state index in [1.165, 1.54) is 0 Å². The molecule has 1 aromatic heterocycles. The molecule has 1 aliphatic carbocycles. The van der Waals surface area contributed by atoms with Crippen LogP contribution in [0.4, 0.5) is 5.95 Å². The zero-order valence-electron chi connectivity index (χ0n) is 10.8. The third-order valence-electron chi connectivity index (χ3n) is 3.17. The van der Waals surface area contributed by atoms with E-state index in [9.17, 15) is 4.79 Å². The van der Waals surface area contributed by atoms with Gasteiger partial charge in [0.15, 0.2) is 0 Å². The topological polar surface area (TPSA) is 75.1 Å². The second-order valence-corrected chi connectivity index (χ2v) is 5.36. The van der Waals surface area contributed by atoms with E-state index in [2.05, 4.69) is 29.1 Å². The fraction of sp³-hybridized carbons (Fsp3) is 0.615. The molecule has 2 N–H and O–H groups in total. The minimum absolute atomic E-state index is 0.196. The highest BCUT2D eigenvalue weighted by Crippen LogP contribution is 2.29. The van der Waals surface area contributed by atoms with Crippen LogP contribution < -0.4 is 5.32 Å². The van der Waals surface area contributed by atoms with Gasteiger partial charge in [-0.1, -0.05) is 13.8 Å². The Balaban J connectivity index is 1.82. The second kappa shape index (κ2) is 5.33. The van der Waals surface area contributed by atoms with Crippen molar-refractivity contribution in [3.05, 3.63) is 18.0 Å². The SMILES string of the molecule is CC(C)Cc1cnc(NC2CC(C(=O)O)C2)nc1. The number of anilines is 1. The Morgan fingerprint density at radius 1 is 1.44 bits per heavy atom. The van der Waals surface area contributed by atoms with Gasteiger partial charge in [0.1, 0.15) is 0 Å². The van der Waals surface area contributed by atoms with Crippen molar-refractivity contribution in [1.29, 1.82) is 0 Å². The molecule has 0 aromatic carbocycles. The summed E-state index contributed by atoms with van der Waals surface area (Å²) in [7, 11) is 0. The van der Waals surface area contributed by atoms with Gasteiger partial charge in [-0.3, -0.25) is 4.79 Å². The molecule has 98 valence electrons. The van der Waals surface area contributed by atoms with Gasteiger partial charge in [-0.15, -0.1) is 0 Å². The molecule has 0 atom stereocenters. The molecule has 0 saturated heterocycles. The van der Waals surface area contributed by atoms with Crippen molar-refractivity contribution in [2.24, 2.45) is 11.8 Å². The van der Waals surface area contributed by atoms with Crippen molar-refractivity contribution in [3.8, 4) is 0 Å². The molecule has 1 aromatic rings. The minimum atomic E-state index is -0.707. The number of carboxylic acids is 1. The van der Waals surface area contributed by atoms with Crippen molar-refractivity contribution >= 4 is 11.9 Å². The molecular formula is C13H19N3O2. The largest absolute Gasteiger partial charge is 0.481 e. The highest BCUT2D eigenvalue weighted by Gasteiger charge is 2.34. The minimum Gasteiger partial charge on any atom is -0.481 e. The summed E-state index contributed by atoms with van der Waals surface area (Å²) in [6.45, 7) is 4.32. The number of hydrogen-bond acceptors (Lipinski definition) is 4. The summed E-state index contributed by atoms with van der Waals surface area (Å²) < 4.78 is 0. The van der Waals surface area contributed by atoms with Crippen LogP contribution in [0.15, 0.2) is 12.4 Å². The maximum atomic E-state index is 10.7. The van der Waals surface area contributed by atoms with Crippen LogP contribution in [0.2, 0.25) is 0 Å². The lowest BCUT2D eigenvalue weighted by atomic mass is 9.80. The predicted molar refractivity (Wildman–Crippen MR) is 68.3 cm³/mol. The monoisotopic (exact) mass is 249 g/mol. The Morgan fingerprint density at radius 2 is 2.06 bits per heavy atom. The quantitative estimate of drug-likeness (QED) is 0.834. The summed E-state index contributed by atoms with van der Waals surface area (Å²) in [5.41, 5.74) is 1.13. The van der Waals surface area contributed by atoms with E-state index < -0.39 is 5.97 Å². The summed E-state index contributed by atoms with van der Waals surface area (Å²) in [6.07, 6.45) is 5.97. The third kappa shape index (κ3) is 3.18. The number of carbonyl (C=O) groups is 1. The molecule has 0 bridgehead atoms. The number of nitrogens with zero attached hydrogens (tertiary/aromatic N) is 2. The first-order valence-electron chi connectivity index (χ1n) is 6.35. The fourth-order valence-electron chi connectivity index (χ4n) is 2.13. The molecule has 0 spiro atoms. The lowest BCUT2D eigenvalue weighted by Gasteiger charge is -2.32. The van der Waals surface area contributed by atoms with Crippen molar-refractivity contribution in [3.63, 3.8) is 0 Å². The van der Waals surface area contributed by atoms with Crippen LogP contribution >= 0.6 is 0 Å². The van der Waals surface area contributed by atoms with E-state index in [-0.39, 0.29) is 12.0 Å². The Morgan fingerprint density at radius 3 is 2.56 bits per heavy atom. The number of aromatic nitrogens is 2. The van der Waals surface area contributed by atoms with E-state index in [1.54, 1.807) is 0 Å². The Labute approximate surface area is 107 Å². The van der Waals surface area contributed by atoms with Crippen LogP contribution in [-0.2, 0) is 11.2 Å². The second-order valence-electron chi connectivity index (χ2n) is 5.36. The molecule has 1 saturated carbocycles. The van der Waals surface area contributed by atoms with Gasteiger partial charge >= 0.3 is 5.97 Å². The normalized spacial score (nSPS) is 22.6. The molecule has 5 heteroatoms. The van der Waals surface area contributed by atoms with Gasteiger partial charge in [0, 0.05) is 18.4 Å². The van der Waals surface area contributed by atoms with E-state index in [4.69, 9.17) is 5.11 Å². The molecule has 0 aliphatic heterocycles. The summed E-state index contributed by atoms with van der Waals surface area (Å²) in [5.74, 6) is 0.274. The standard InChI is InChI=1S/C13H19N3O2/c1-8(2)3-9-6-14-13(15-7-9)16-11-4-10(5-11)12(17)18/h6-8,10-11H,3-5H2,1-2H3,(H,17,18)(H,14,15,16). The summed E-state index contributed by atoms with van der Waals surface area (Å²) in [5, 5.41) is 11.9. The summed E-state index contributed by atoms with van der Waals surface area (Å²) in [6, 6.07) is 0.196. The van der Waals surface area contributed by atoms with Crippen molar-refractivity contribution in [1.82, 2.24) is 9.97 Å². The fourth-order valence-corrected chi connectivity index (χ4v) is 2.13. The first-order valence-corrected chi connectivity index (χ1v) is 6.35. The molecule has 0 unspecified atom stereocenters. The number of nitrogens with one attached hydrogen (secondary N) is 1. The smallest absolute Gasteiger partial charge is 0.306 e. The lowest BCUT2D eigenvalue weighted by molar-refractivity contribution is -0.144. The Kier molecular flexibility index (Phi) is 3.79. The zero-order chi connectivity index (χ0) is 13.1. The van der Waals surface area contributed by atoms with Gasteiger partial charge in [-0.05, 0) is 30.7 Å². The average molecular weight is 249 g/mol. The van der Waals surface area contributed by atoms with Crippen LogP contribution in [0.5, 0.6) is 0 Å². The first kappa shape index (κ1) is 12.8. The maximum absolute atomic E-state index is 10.7. The van der Waals surface area contributed by atoms with Crippen LogP contribution in [-0.4, -0.2) is 27.1 Å². The molecule has 1 heterocycles. The van der Waals surface area contributed by atoms with E-state index in [0.717, 1.165) is 12.0 Å². The Hall–Kier alpha value is -1.65. The molecular weight excluding hydrogens is 230 g/mol. The molecule has 1 fully saturated rings. The molecule has 5 nitrogen and oxygen atoms in total. The third-order valence-corrected chi connectivity index (χ3v) is 3.17. The molecule has 2 rings (SSSR count). The van der Waals surface area contributed by atoms with Gasteiger partial charge in [0.25, 0.3) is 0 Å². The van der Waals surface area contributed by atoms with Gasteiger partial charge in [0.05, 0.1) is 5.92 Å². The first-order chi connectivity index (χ1) is 8.54. The molecule has 18 heavy (non-hydrogen) atoms. The van der Waals surface area contributed by atoms with Crippen molar-refractivity contribution < 1.29 is 9.90 Å². The zero-order valence-corrected chi connectivity index (χ0v) is 10.8. The average Bonchev–Trinajstić information content (AvgIpc) is 2.23. The van der Waals surface area contributed by atoms with Crippen LogP contribution in [0.1, 0.15) is 32.3 Å². The number of rotatable bonds is 5. The van der Waals surface area contributed by atoms with Crippen LogP contribution in [0, 0.1) is 11.8 Å². The number of hydrogen-bond donors (Lipinski definition) is 2. The molecule has 0 radical (unpaired) electrons. The number of carboxylic acid groups (broad SMARTS) is 1. The number of aliphatic carboxylic acids is 1. The van der Waals surface area contributed by atoms with Gasteiger partial charge < -0.3 is 10.4 Å². The molecule has 1 aliphatic rings. The van der Waals surface area contributed by atoms with E-state index >= 15 is 0 Å². The van der Waals surface area contributed by atoms with Crippen molar-refractivity contribution in [2.75, 3.05) is 5.32 Å². The maximum Gasteiger partial charge on any atom is 0.306 e. The van der Waals surface area contributed by atoms with E-state index in [1.807, 2.05) is 12.4 Å². The highest BCUT2D eigenvalue weighted by molar-refractivity contribution is 5.71. The van der Waals surface area contributed by atoms with Gasteiger partial charge in [0.2, 0.25) is 5.95 Å². The highest BCUT2D eigenvalue weighted by atomic mass is 16.4. The summed E-state index contributed by atoms with van der Waals surface area (Å²) in [4.78, 5) is 19.2. The van der Waals surface area contributed by atoms with E-state index in [0.29, 0.717) is 24.7 Å². The summed E-state index contributed by atoms with van der Waals surface area (Å²) >= 11 is 0. The Bertz CT molecular complexity index is 411.